The Bertz CT molecular complexity index is 1250. The van der Waals surface area contributed by atoms with Crippen molar-refractivity contribution in [2.45, 2.75) is 13.0 Å². The second-order valence-corrected chi connectivity index (χ2v) is 8.24. The number of hydrogen-bond donors (Lipinski definition) is 1. The molecule has 2 aromatic carbocycles. The van der Waals surface area contributed by atoms with Gasteiger partial charge in [-0.05, 0) is 65.7 Å². The van der Waals surface area contributed by atoms with Crippen molar-refractivity contribution in [2.24, 2.45) is 0 Å². The molecule has 0 amide bonds. The highest BCUT2D eigenvalue weighted by molar-refractivity contribution is 7.19. The van der Waals surface area contributed by atoms with Crippen LogP contribution < -0.4 is 9.47 Å². The van der Waals surface area contributed by atoms with Gasteiger partial charge in [-0.2, -0.15) is 0 Å². The number of nitrogens with zero attached hydrogens (tertiary/aromatic N) is 2. The number of aromatic nitrogens is 2. The van der Waals surface area contributed by atoms with E-state index < -0.39 is 5.97 Å². The van der Waals surface area contributed by atoms with Crippen LogP contribution in [0.4, 0.5) is 0 Å². The second-order valence-electron chi connectivity index (χ2n) is 7.25. The largest absolute Gasteiger partial charge is 0.497 e. The van der Waals surface area contributed by atoms with Crippen LogP contribution in [0, 0.1) is 12.3 Å². The molecule has 166 valence electrons. The molecule has 0 radical (unpaired) electrons. The SMILES string of the molecule is C#CCc1ccn(CC(=O)O)c1-c1nc(-c2ccc(OC)cc2)c(-c2ccc(OC)cc2)s1. The average Bonchev–Trinajstić information content (AvgIpc) is 3.43. The Labute approximate surface area is 196 Å². The van der Waals surface area contributed by atoms with Crippen LogP contribution in [-0.4, -0.2) is 34.8 Å². The summed E-state index contributed by atoms with van der Waals surface area (Å²) in [6.07, 6.45) is 7.71. The predicted molar refractivity (Wildman–Crippen MR) is 130 cm³/mol. The summed E-state index contributed by atoms with van der Waals surface area (Å²) in [5.74, 6) is 3.25. The zero-order valence-electron chi connectivity index (χ0n) is 18.2. The summed E-state index contributed by atoms with van der Waals surface area (Å²) in [7, 11) is 3.26. The quantitative estimate of drug-likeness (QED) is 0.366. The van der Waals surface area contributed by atoms with Gasteiger partial charge in [-0.15, -0.1) is 23.7 Å². The maximum Gasteiger partial charge on any atom is 0.323 e. The first-order valence-corrected chi connectivity index (χ1v) is 11.0. The Morgan fingerprint density at radius 1 is 1.03 bits per heavy atom. The molecule has 1 N–H and O–H groups in total. The smallest absolute Gasteiger partial charge is 0.323 e. The van der Waals surface area contributed by atoms with Crippen LogP contribution in [0.15, 0.2) is 60.8 Å². The van der Waals surface area contributed by atoms with E-state index in [0.717, 1.165) is 44.5 Å². The van der Waals surface area contributed by atoms with E-state index >= 15 is 0 Å². The first-order valence-electron chi connectivity index (χ1n) is 10.2. The molecule has 0 spiro atoms. The summed E-state index contributed by atoms with van der Waals surface area (Å²) in [6.45, 7) is -0.171. The van der Waals surface area contributed by atoms with Crippen molar-refractivity contribution in [3.63, 3.8) is 0 Å². The van der Waals surface area contributed by atoms with E-state index in [1.54, 1.807) is 25.0 Å². The molecule has 2 heterocycles. The summed E-state index contributed by atoms with van der Waals surface area (Å²) in [5.41, 5.74) is 4.32. The molecule has 6 nitrogen and oxygen atoms in total. The predicted octanol–water partition coefficient (Wildman–Crippen LogP) is 5.22. The molecule has 33 heavy (non-hydrogen) atoms. The maximum atomic E-state index is 11.5. The molecule has 0 aliphatic heterocycles. The van der Waals surface area contributed by atoms with Gasteiger partial charge in [0.05, 0.1) is 30.5 Å². The summed E-state index contributed by atoms with van der Waals surface area (Å²) in [4.78, 5) is 17.4. The molecule has 7 heteroatoms. The number of hydrogen-bond acceptors (Lipinski definition) is 5. The minimum atomic E-state index is -0.929. The minimum Gasteiger partial charge on any atom is -0.497 e. The second kappa shape index (κ2) is 9.63. The normalized spacial score (nSPS) is 10.6. The van der Waals surface area contributed by atoms with E-state index in [4.69, 9.17) is 20.9 Å². The van der Waals surface area contributed by atoms with Crippen molar-refractivity contribution in [3.8, 4) is 56.2 Å². The molecule has 2 aromatic heterocycles. The Balaban J connectivity index is 1.90. The van der Waals surface area contributed by atoms with Crippen LogP contribution >= 0.6 is 11.3 Å². The third-order valence-electron chi connectivity index (χ3n) is 5.19. The fourth-order valence-corrected chi connectivity index (χ4v) is 4.80. The zero-order chi connectivity index (χ0) is 23.4. The number of terminal acetylenes is 1. The van der Waals surface area contributed by atoms with Crippen molar-refractivity contribution >= 4 is 17.3 Å². The molecule has 0 aliphatic rings. The highest BCUT2D eigenvalue weighted by atomic mass is 32.1. The number of rotatable bonds is 8. The molecule has 0 bridgehead atoms. The van der Waals surface area contributed by atoms with Gasteiger partial charge in [0.15, 0.2) is 0 Å². The third-order valence-corrected chi connectivity index (χ3v) is 6.30. The molecule has 4 rings (SSSR count). The van der Waals surface area contributed by atoms with Crippen molar-refractivity contribution in [1.82, 2.24) is 9.55 Å². The maximum absolute atomic E-state index is 11.5. The molecule has 4 aromatic rings. The van der Waals surface area contributed by atoms with Gasteiger partial charge in [0.25, 0.3) is 0 Å². The van der Waals surface area contributed by atoms with Gasteiger partial charge < -0.3 is 19.1 Å². The number of thiazole rings is 1. The first kappa shape index (κ1) is 22.2. The van der Waals surface area contributed by atoms with E-state index in [1.165, 1.54) is 11.3 Å². The lowest BCUT2D eigenvalue weighted by molar-refractivity contribution is -0.137. The van der Waals surface area contributed by atoms with Crippen LogP contribution in [0.3, 0.4) is 0 Å². The number of methoxy groups -OCH3 is 2. The topological polar surface area (TPSA) is 73.6 Å². The van der Waals surface area contributed by atoms with Gasteiger partial charge >= 0.3 is 5.97 Å². The van der Waals surface area contributed by atoms with Crippen molar-refractivity contribution in [1.29, 1.82) is 0 Å². The number of ether oxygens (including phenoxy) is 2. The van der Waals surface area contributed by atoms with Gasteiger partial charge in [-0.25, -0.2) is 4.98 Å². The number of benzene rings is 2. The van der Waals surface area contributed by atoms with E-state index in [1.807, 2.05) is 54.6 Å². The van der Waals surface area contributed by atoms with Crippen molar-refractivity contribution in [2.75, 3.05) is 14.2 Å². The van der Waals surface area contributed by atoms with Crippen LogP contribution in [-0.2, 0) is 17.8 Å². The number of carboxylic acid groups (broad SMARTS) is 1. The van der Waals surface area contributed by atoms with Gasteiger partial charge in [-0.1, -0.05) is 0 Å². The summed E-state index contributed by atoms with van der Waals surface area (Å²) >= 11 is 1.50. The van der Waals surface area contributed by atoms with Gasteiger partial charge in [0, 0.05) is 18.2 Å². The molecular formula is C26H22N2O4S. The van der Waals surface area contributed by atoms with Gasteiger partial charge in [0.2, 0.25) is 0 Å². The fourth-order valence-electron chi connectivity index (χ4n) is 3.61. The lowest BCUT2D eigenvalue weighted by atomic mass is 10.1. The summed E-state index contributed by atoms with van der Waals surface area (Å²) in [6, 6.07) is 17.4. The number of aliphatic carboxylic acids is 1. The average molecular weight is 459 g/mol. The highest BCUT2D eigenvalue weighted by Crippen LogP contribution is 2.42. The van der Waals surface area contributed by atoms with Crippen molar-refractivity contribution in [3.05, 3.63) is 66.4 Å². The summed E-state index contributed by atoms with van der Waals surface area (Å²) in [5, 5.41) is 10.1. The molecule has 0 atom stereocenters. The Morgan fingerprint density at radius 2 is 1.64 bits per heavy atom. The van der Waals surface area contributed by atoms with Crippen LogP contribution in [0.2, 0.25) is 0 Å². The van der Waals surface area contributed by atoms with Crippen LogP contribution in [0.5, 0.6) is 11.5 Å². The molecule has 0 fully saturated rings. The Hall–Kier alpha value is -4.02. The molecule has 0 saturated heterocycles. The summed E-state index contributed by atoms with van der Waals surface area (Å²) < 4.78 is 12.3. The van der Waals surface area contributed by atoms with E-state index in [2.05, 4.69) is 5.92 Å². The standard InChI is InChI=1S/C26H22N2O4S/c1-4-5-18-14-15-28(16-22(29)30)24(18)26-27-23(17-6-10-20(31-2)11-7-17)25(33-26)19-8-12-21(32-3)13-9-19/h1,6-15H,5,16H2,2-3H3,(H,29,30). The van der Waals surface area contributed by atoms with Gasteiger partial charge in [0.1, 0.15) is 23.1 Å². The van der Waals surface area contributed by atoms with Crippen molar-refractivity contribution < 1.29 is 19.4 Å². The first-order chi connectivity index (χ1) is 16.0. The van der Waals surface area contributed by atoms with E-state index in [-0.39, 0.29) is 6.54 Å². The van der Waals surface area contributed by atoms with Gasteiger partial charge in [-0.3, -0.25) is 4.79 Å². The van der Waals surface area contributed by atoms with Crippen LogP contribution in [0.1, 0.15) is 5.56 Å². The Kier molecular flexibility index (Phi) is 6.48. The van der Waals surface area contributed by atoms with Crippen LogP contribution in [0.25, 0.3) is 32.4 Å². The Morgan fingerprint density at radius 3 is 2.18 bits per heavy atom. The fraction of sp³-hybridized carbons (Fsp3) is 0.154. The molecule has 0 unspecified atom stereocenters. The minimum absolute atomic E-state index is 0.171. The number of carboxylic acids is 1. The lowest BCUT2D eigenvalue weighted by Crippen LogP contribution is -2.09. The lowest BCUT2D eigenvalue weighted by Gasteiger charge is -2.06. The molecular weight excluding hydrogens is 436 g/mol. The zero-order valence-corrected chi connectivity index (χ0v) is 19.1. The molecule has 0 saturated carbocycles. The molecule has 0 aliphatic carbocycles. The third kappa shape index (κ3) is 4.61. The monoisotopic (exact) mass is 458 g/mol. The number of carbonyl (C=O) groups is 1. The van der Waals surface area contributed by atoms with E-state index in [0.29, 0.717) is 11.4 Å². The van der Waals surface area contributed by atoms with E-state index in [9.17, 15) is 9.90 Å². The highest BCUT2D eigenvalue weighted by Gasteiger charge is 2.21.